The fraction of sp³-hybridized carbons (Fsp3) is 0.379. The van der Waals surface area contributed by atoms with Crippen molar-refractivity contribution in [1.29, 1.82) is 0 Å². The van der Waals surface area contributed by atoms with Crippen molar-refractivity contribution in [1.82, 2.24) is 10.2 Å². The highest BCUT2D eigenvalue weighted by molar-refractivity contribution is 6.07. The van der Waals surface area contributed by atoms with Gasteiger partial charge in [-0.1, -0.05) is 61.5 Å². The number of hydrogen-bond acceptors (Lipinski definition) is 5. The van der Waals surface area contributed by atoms with E-state index in [1.54, 1.807) is 17.0 Å². The summed E-state index contributed by atoms with van der Waals surface area (Å²) >= 11 is 0. The number of methoxy groups -OCH3 is 1. The highest BCUT2D eigenvalue weighted by Crippen LogP contribution is 2.49. The minimum absolute atomic E-state index is 0.0167. The molecule has 1 fully saturated rings. The van der Waals surface area contributed by atoms with Crippen molar-refractivity contribution in [2.45, 2.75) is 43.4 Å². The van der Waals surface area contributed by atoms with Gasteiger partial charge in [-0.05, 0) is 40.8 Å². The van der Waals surface area contributed by atoms with E-state index in [0.717, 1.165) is 31.6 Å². The molecule has 3 aromatic rings. The molecule has 7 nitrogen and oxygen atoms in total. The summed E-state index contributed by atoms with van der Waals surface area (Å²) in [5.41, 5.74) is 2.27. The van der Waals surface area contributed by atoms with E-state index in [2.05, 4.69) is 58.3 Å². The van der Waals surface area contributed by atoms with Crippen LogP contribution in [0, 0.1) is 0 Å². The van der Waals surface area contributed by atoms with Crippen LogP contribution in [-0.2, 0) is 15.1 Å². The van der Waals surface area contributed by atoms with E-state index in [1.807, 2.05) is 12.1 Å². The van der Waals surface area contributed by atoms with Crippen molar-refractivity contribution in [3.05, 3.63) is 77.4 Å². The van der Waals surface area contributed by atoms with Crippen molar-refractivity contribution in [2.24, 2.45) is 0 Å². The van der Waals surface area contributed by atoms with Gasteiger partial charge in [0.15, 0.2) is 5.60 Å². The molecule has 1 aliphatic carbocycles. The number of hydrogen-bond donors (Lipinski definition) is 2. The van der Waals surface area contributed by atoms with E-state index in [-0.39, 0.29) is 18.5 Å². The Morgan fingerprint density at radius 1 is 1.06 bits per heavy atom. The highest BCUT2D eigenvalue weighted by atomic mass is 16.5. The molecule has 7 heteroatoms. The molecule has 3 atom stereocenters. The van der Waals surface area contributed by atoms with Gasteiger partial charge in [0.2, 0.25) is 0 Å². The van der Waals surface area contributed by atoms with E-state index in [1.165, 1.54) is 29.0 Å². The normalized spacial score (nSPS) is 25.9. The fourth-order valence-electron chi connectivity index (χ4n) is 6.66. The number of aliphatic hydroxyl groups is 1. The Hall–Kier alpha value is -3.42. The van der Waals surface area contributed by atoms with Crippen molar-refractivity contribution < 1.29 is 19.4 Å². The Morgan fingerprint density at radius 2 is 1.75 bits per heavy atom. The van der Waals surface area contributed by atoms with Crippen LogP contribution >= 0.6 is 0 Å². The first kappa shape index (κ1) is 23.0. The quantitative estimate of drug-likeness (QED) is 0.583. The molecule has 0 spiro atoms. The van der Waals surface area contributed by atoms with Crippen LogP contribution in [-0.4, -0.2) is 54.8 Å². The lowest BCUT2D eigenvalue weighted by molar-refractivity contribution is -0.136. The van der Waals surface area contributed by atoms with Gasteiger partial charge in [-0.3, -0.25) is 9.69 Å². The van der Waals surface area contributed by atoms with Gasteiger partial charge < -0.3 is 20.1 Å². The SMILES string of the molecule is COC(=O)NCC1(O)C(=O)N(C2CCN(C3c4cccc5cccc(c45)C3C)CC2)c2ccccc21. The van der Waals surface area contributed by atoms with Crippen LogP contribution in [0.5, 0.6) is 0 Å². The molecule has 0 radical (unpaired) electrons. The maximum atomic E-state index is 13.6. The number of amides is 2. The van der Waals surface area contributed by atoms with Gasteiger partial charge in [0.1, 0.15) is 0 Å². The second-order valence-electron chi connectivity index (χ2n) is 10.2. The summed E-state index contributed by atoms with van der Waals surface area (Å²) in [4.78, 5) is 29.6. The fourth-order valence-corrected chi connectivity index (χ4v) is 6.66. The van der Waals surface area contributed by atoms with Gasteiger partial charge in [-0.2, -0.15) is 0 Å². The summed E-state index contributed by atoms with van der Waals surface area (Å²) in [6, 6.07) is 20.9. The number of fused-ring (bicyclic) bond motifs is 1. The van der Waals surface area contributed by atoms with Gasteiger partial charge in [0, 0.05) is 36.7 Å². The summed E-state index contributed by atoms with van der Waals surface area (Å²) in [5, 5.41) is 16.6. The Labute approximate surface area is 210 Å². The molecule has 3 aliphatic rings. The van der Waals surface area contributed by atoms with Crippen LogP contribution in [0.15, 0.2) is 60.7 Å². The molecule has 2 heterocycles. The number of para-hydroxylation sites is 1. The number of ether oxygens (including phenoxy) is 1. The van der Waals surface area contributed by atoms with Crippen molar-refractivity contribution in [2.75, 3.05) is 31.6 Å². The Bertz CT molecular complexity index is 1340. The number of alkyl carbamates (subject to hydrolysis) is 1. The van der Waals surface area contributed by atoms with Crippen LogP contribution in [0.2, 0.25) is 0 Å². The zero-order valence-corrected chi connectivity index (χ0v) is 20.6. The summed E-state index contributed by atoms with van der Waals surface area (Å²) in [6.07, 6.45) is 0.953. The second kappa shape index (κ2) is 8.61. The maximum absolute atomic E-state index is 13.6. The van der Waals surface area contributed by atoms with Crippen LogP contribution in [0.4, 0.5) is 10.5 Å². The summed E-state index contributed by atoms with van der Waals surface area (Å²) in [5.74, 6) is 0.0243. The van der Waals surface area contributed by atoms with Crippen LogP contribution in [0.1, 0.15) is 48.4 Å². The predicted molar refractivity (Wildman–Crippen MR) is 138 cm³/mol. The smallest absolute Gasteiger partial charge is 0.406 e. The summed E-state index contributed by atoms with van der Waals surface area (Å²) in [7, 11) is 1.26. The predicted octanol–water partition coefficient (Wildman–Crippen LogP) is 4.05. The minimum Gasteiger partial charge on any atom is -0.453 e. The monoisotopic (exact) mass is 485 g/mol. The van der Waals surface area contributed by atoms with Crippen LogP contribution in [0.3, 0.4) is 0 Å². The van der Waals surface area contributed by atoms with Gasteiger partial charge in [0.25, 0.3) is 5.91 Å². The Morgan fingerprint density at radius 3 is 2.47 bits per heavy atom. The standard InChI is InChI=1S/C29H31N3O4/c1-18-21-9-5-7-19-8-6-10-22(25(19)21)26(18)31-15-13-20(14-16-31)32-24-12-4-3-11-23(24)29(35,27(32)33)17-30-28(34)36-2/h3-12,18,20,26,35H,13-17H2,1-2H3,(H,30,34). The number of anilines is 1. The van der Waals surface area contributed by atoms with Crippen molar-refractivity contribution in [3.63, 3.8) is 0 Å². The Balaban J connectivity index is 1.23. The first-order valence-corrected chi connectivity index (χ1v) is 12.7. The highest BCUT2D eigenvalue weighted by Gasteiger charge is 2.52. The molecule has 0 saturated carbocycles. The van der Waals surface area contributed by atoms with Crippen LogP contribution < -0.4 is 10.2 Å². The number of nitrogens with one attached hydrogen (secondary N) is 1. The number of carbonyl (C=O) groups is 2. The van der Waals surface area contributed by atoms with Crippen LogP contribution in [0.25, 0.3) is 10.8 Å². The van der Waals surface area contributed by atoms with Crippen molar-refractivity contribution in [3.8, 4) is 0 Å². The number of rotatable bonds is 4. The second-order valence-corrected chi connectivity index (χ2v) is 10.2. The summed E-state index contributed by atoms with van der Waals surface area (Å²) in [6.45, 7) is 3.83. The topological polar surface area (TPSA) is 82.1 Å². The van der Waals surface area contributed by atoms with Gasteiger partial charge in [0.05, 0.1) is 19.3 Å². The third kappa shape index (κ3) is 3.33. The molecule has 6 rings (SSSR count). The molecular weight excluding hydrogens is 454 g/mol. The van der Waals surface area contributed by atoms with Crippen molar-refractivity contribution >= 4 is 28.5 Å². The first-order valence-electron chi connectivity index (χ1n) is 12.7. The third-order valence-corrected chi connectivity index (χ3v) is 8.37. The van der Waals surface area contributed by atoms with Gasteiger partial charge >= 0.3 is 6.09 Å². The molecular formula is C29H31N3O4. The lowest BCUT2D eigenvalue weighted by Gasteiger charge is -2.41. The molecule has 1 saturated heterocycles. The zero-order valence-electron chi connectivity index (χ0n) is 20.6. The molecule has 0 aromatic heterocycles. The maximum Gasteiger partial charge on any atom is 0.406 e. The van der Waals surface area contributed by atoms with E-state index >= 15 is 0 Å². The summed E-state index contributed by atoms with van der Waals surface area (Å²) < 4.78 is 4.64. The van der Waals surface area contributed by atoms with E-state index in [4.69, 9.17) is 0 Å². The van der Waals surface area contributed by atoms with E-state index in [9.17, 15) is 14.7 Å². The zero-order chi connectivity index (χ0) is 25.0. The average Bonchev–Trinajstić information content (AvgIpc) is 3.32. The number of nitrogens with zero attached hydrogens (tertiary/aromatic N) is 2. The molecule has 186 valence electrons. The average molecular weight is 486 g/mol. The molecule has 2 aliphatic heterocycles. The third-order valence-electron chi connectivity index (χ3n) is 8.37. The molecule has 36 heavy (non-hydrogen) atoms. The molecule has 2 N–H and O–H groups in total. The number of piperidine rings is 1. The molecule has 2 amide bonds. The number of benzene rings is 3. The lowest BCUT2D eigenvalue weighted by atomic mass is 9.93. The largest absolute Gasteiger partial charge is 0.453 e. The van der Waals surface area contributed by atoms with Gasteiger partial charge in [-0.15, -0.1) is 0 Å². The molecule has 0 bridgehead atoms. The lowest BCUT2D eigenvalue weighted by Crippen LogP contribution is -2.53. The van der Waals surface area contributed by atoms with E-state index in [0.29, 0.717) is 17.5 Å². The van der Waals surface area contributed by atoms with Gasteiger partial charge in [-0.25, -0.2) is 4.79 Å². The Kier molecular flexibility index (Phi) is 5.50. The molecule has 3 unspecified atom stereocenters. The number of carbonyl (C=O) groups excluding carboxylic acids is 2. The number of likely N-dealkylation sites (tertiary alicyclic amines) is 1. The van der Waals surface area contributed by atoms with E-state index < -0.39 is 11.7 Å². The molecule has 3 aromatic carbocycles. The first-order chi connectivity index (χ1) is 17.4. The minimum atomic E-state index is -1.81.